The van der Waals surface area contributed by atoms with Crippen LogP contribution in [0.5, 0.6) is 5.75 Å². The highest BCUT2D eigenvalue weighted by atomic mass is 19.1. The standard InChI is InChI=1S/C23H21FN2O3/c1-15-6-7-16(2)21(12-15)29-14-22(27)25-20-5-3-4-17(13-20)23(28)26-19-10-8-18(24)9-11-19/h3-13H,14H2,1-2H3,(H,25,27)(H,26,28). The molecule has 0 heterocycles. The number of hydrogen-bond acceptors (Lipinski definition) is 3. The summed E-state index contributed by atoms with van der Waals surface area (Å²) in [6, 6.07) is 17.8. The fourth-order valence-electron chi connectivity index (χ4n) is 2.68. The number of carbonyl (C=O) groups is 2. The van der Waals surface area contributed by atoms with Crippen molar-refractivity contribution >= 4 is 23.2 Å². The Balaban J connectivity index is 1.60. The third kappa shape index (κ3) is 5.65. The van der Waals surface area contributed by atoms with Crippen LogP contribution in [0.2, 0.25) is 0 Å². The minimum absolute atomic E-state index is 0.143. The van der Waals surface area contributed by atoms with Crippen LogP contribution in [0.1, 0.15) is 21.5 Å². The molecule has 0 aliphatic heterocycles. The Labute approximate surface area is 168 Å². The summed E-state index contributed by atoms with van der Waals surface area (Å²) in [5, 5.41) is 5.40. The van der Waals surface area contributed by atoms with Gasteiger partial charge in [0.15, 0.2) is 6.61 Å². The van der Waals surface area contributed by atoms with E-state index in [1.165, 1.54) is 24.3 Å². The maximum Gasteiger partial charge on any atom is 0.262 e. The Morgan fingerprint density at radius 2 is 1.66 bits per heavy atom. The Morgan fingerprint density at radius 1 is 0.897 bits per heavy atom. The van der Waals surface area contributed by atoms with Crippen LogP contribution in [0.3, 0.4) is 0 Å². The molecule has 0 saturated heterocycles. The van der Waals surface area contributed by atoms with Gasteiger partial charge in [-0.05, 0) is 73.5 Å². The zero-order valence-corrected chi connectivity index (χ0v) is 16.2. The fraction of sp³-hybridized carbons (Fsp3) is 0.130. The number of ether oxygens (including phenoxy) is 1. The van der Waals surface area contributed by atoms with Gasteiger partial charge in [-0.25, -0.2) is 4.39 Å². The maximum absolute atomic E-state index is 13.0. The van der Waals surface area contributed by atoms with E-state index in [4.69, 9.17) is 4.74 Å². The summed E-state index contributed by atoms with van der Waals surface area (Å²) >= 11 is 0. The first-order valence-corrected chi connectivity index (χ1v) is 9.07. The van der Waals surface area contributed by atoms with Crippen molar-refractivity contribution in [2.24, 2.45) is 0 Å². The molecule has 3 aromatic rings. The van der Waals surface area contributed by atoms with Crippen LogP contribution in [-0.2, 0) is 4.79 Å². The Hall–Kier alpha value is -3.67. The summed E-state index contributed by atoms with van der Waals surface area (Å²) in [4.78, 5) is 24.6. The van der Waals surface area contributed by atoms with E-state index in [1.54, 1.807) is 24.3 Å². The molecule has 0 fully saturated rings. The van der Waals surface area contributed by atoms with Crippen molar-refractivity contribution in [3.8, 4) is 5.75 Å². The molecule has 2 N–H and O–H groups in total. The average Bonchev–Trinajstić information content (AvgIpc) is 2.70. The van der Waals surface area contributed by atoms with Gasteiger partial charge in [0.1, 0.15) is 11.6 Å². The molecule has 0 atom stereocenters. The van der Waals surface area contributed by atoms with E-state index in [0.29, 0.717) is 22.7 Å². The van der Waals surface area contributed by atoms with Gasteiger partial charge in [-0.3, -0.25) is 9.59 Å². The van der Waals surface area contributed by atoms with Crippen molar-refractivity contribution in [3.05, 3.63) is 89.2 Å². The predicted octanol–water partition coefficient (Wildman–Crippen LogP) is 4.71. The summed E-state index contributed by atoms with van der Waals surface area (Å²) in [6.07, 6.45) is 0. The van der Waals surface area contributed by atoms with Gasteiger partial charge in [-0.1, -0.05) is 18.2 Å². The monoisotopic (exact) mass is 392 g/mol. The fourth-order valence-corrected chi connectivity index (χ4v) is 2.68. The molecule has 148 valence electrons. The molecule has 0 aliphatic carbocycles. The molecule has 0 aliphatic rings. The van der Waals surface area contributed by atoms with Crippen LogP contribution in [0, 0.1) is 19.7 Å². The summed E-state index contributed by atoms with van der Waals surface area (Å²) in [5.41, 5.74) is 3.32. The van der Waals surface area contributed by atoms with Gasteiger partial charge in [0.05, 0.1) is 0 Å². The first-order chi connectivity index (χ1) is 13.9. The Bertz CT molecular complexity index is 1030. The lowest BCUT2D eigenvalue weighted by atomic mass is 10.1. The Kier molecular flexibility index (Phi) is 6.24. The van der Waals surface area contributed by atoms with Gasteiger partial charge in [0, 0.05) is 16.9 Å². The second-order valence-corrected chi connectivity index (χ2v) is 6.65. The van der Waals surface area contributed by atoms with Crippen molar-refractivity contribution < 1.29 is 18.7 Å². The summed E-state index contributed by atoms with van der Waals surface area (Å²) in [6.45, 7) is 3.72. The van der Waals surface area contributed by atoms with Crippen molar-refractivity contribution in [1.82, 2.24) is 0 Å². The van der Waals surface area contributed by atoms with Gasteiger partial charge < -0.3 is 15.4 Å². The zero-order valence-electron chi connectivity index (χ0n) is 16.2. The minimum Gasteiger partial charge on any atom is -0.483 e. The molecule has 0 bridgehead atoms. The zero-order chi connectivity index (χ0) is 20.8. The molecule has 0 spiro atoms. The van der Waals surface area contributed by atoms with Gasteiger partial charge >= 0.3 is 0 Å². The molecule has 0 radical (unpaired) electrons. The summed E-state index contributed by atoms with van der Waals surface area (Å²) < 4.78 is 18.6. The van der Waals surface area contributed by atoms with Gasteiger partial charge in [-0.15, -0.1) is 0 Å². The number of benzene rings is 3. The van der Waals surface area contributed by atoms with E-state index in [1.807, 2.05) is 32.0 Å². The molecule has 0 aromatic heterocycles. The third-order valence-corrected chi connectivity index (χ3v) is 4.21. The van der Waals surface area contributed by atoms with Gasteiger partial charge in [0.2, 0.25) is 0 Å². The third-order valence-electron chi connectivity index (χ3n) is 4.21. The number of carbonyl (C=O) groups excluding carboxylic acids is 2. The molecular formula is C23H21FN2O3. The number of aryl methyl sites for hydroxylation is 2. The van der Waals surface area contributed by atoms with E-state index in [2.05, 4.69) is 10.6 Å². The van der Waals surface area contributed by atoms with Crippen LogP contribution >= 0.6 is 0 Å². The van der Waals surface area contributed by atoms with E-state index in [9.17, 15) is 14.0 Å². The molecule has 29 heavy (non-hydrogen) atoms. The molecule has 3 aromatic carbocycles. The quantitative estimate of drug-likeness (QED) is 0.638. The van der Waals surface area contributed by atoms with Crippen LogP contribution in [0.25, 0.3) is 0 Å². The minimum atomic E-state index is -0.379. The number of nitrogens with one attached hydrogen (secondary N) is 2. The second kappa shape index (κ2) is 9.01. The van der Waals surface area contributed by atoms with Crippen molar-refractivity contribution in [2.45, 2.75) is 13.8 Å². The number of halogens is 1. The lowest BCUT2D eigenvalue weighted by Crippen LogP contribution is -2.21. The van der Waals surface area contributed by atoms with E-state index in [0.717, 1.165) is 11.1 Å². The second-order valence-electron chi connectivity index (χ2n) is 6.65. The van der Waals surface area contributed by atoms with Crippen LogP contribution in [0.15, 0.2) is 66.7 Å². The SMILES string of the molecule is Cc1ccc(C)c(OCC(=O)Nc2cccc(C(=O)Nc3ccc(F)cc3)c2)c1. The van der Waals surface area contributed by atoms with Crippen molar-refractivity contribution in [3.63, 3.8) is 0 Å². The maximum atomic E-state index is 13.0. The molecule has 2 amide bonds. The summed E-state index contributed by atoms with van der Waals surface area (Å²) in [5.74, 6) is -0.412. The first kappa shape index (κ1) is 20.1. The lowest BCUT2D eigenvalue weighted by Gasteiger charge is -2.11. The predicted molar refractivity (Wildman–Crippen MR) is 111 cm³/mol. The number of anilines is 2. The molecular weight excluding hydrogens is 371 g/mol. The number of amides is 2. The van der Waals surface area contributed by atoms with E-state index < -0.39 is 0 Å². The first-order valence-electron chi connectivity index (χ1n) is 9.07. The van der Waals surface area contributed by atoms with Crippen LogP contribution < -0.4 is 15.4 Å². The van der Waals surface area contributed by atoms with E-state index in [-0.39, 0.29) is 24.2 Å². The molecule has 5 nitrogen and oxygen atoms in total. The highest BCUT2D eigenvalue weighted by molar-refractivity contribution is 6.05. The van der Waals surface area contributed by atoms with E-state index >= 15 is 0 Å². The number of hydrogen-bond donors (Lipinski definition) is 2. The average molecular weight is 392 g/mol. The van der Waals surface area contributed by atoms with Crippen LogP contribution in [-0.4, -0.2) is 18.4 Å². The topological polar surface area (TPSA) is 67.4 Å². The van der Waals surface area contributed by atoms with Gasteiger partial charge in [0.25, 0.3) is 11.8 Å². The largest absolute Gasteiger partial charge is 0.483 e. The highest BCUT2D eigenvalue weighted by Gasteiger charge is 2.10. The summed E-state index contributed by atoms with van der Waals surface area (Å²) in [7, 11) is 0. The lowest BCUT2D eigenvalue weighted by molar-refractivity contribution is -0.118. The molecule has 0 unspecified atom stereocenters. The molecule has 0 saturated carbocycles. The normalized spacial score (nSPS) is 10.3. The van der Waals surface area contributed by atoms with Gasteiger partial charge in [-0.2, -0.15) is 0 Å². The van der Waals surface area contributed by atoms with Crippen LogP contribution in [0.4, 0.5) is 15.8 Å². The molecule has 3 rings (SSSR count). The number of rotatable bonds is 6. The highest BCUT2D eigenvalue weighted by Crippen LogP contribution is 2.19. The molecule has 6 heteroatoms. The Morgan fingerprint density at radius 3 is 2.41 bits per heavy atom. The van der Waals surface area contributed by atoms with Crippen molar-refractivity contribution in [2.75, 3.05) is 17.2 Å². The van der Waals surface area contributed by atoms with Crippen molar-refractivity contribution in [1.29, 1.82) is 0 Å². The smallest absolute Gasteiger partial charge is 0.262 e.